The first-order valence-electron chi connectivity index (χ1n) is 12.2. The number of hydrogen-bond acceptors (Lipinski definition) is 2. The zero-order valence-electron chi connectivity index (χ0n) is 18.0. The number of halogens is 1. The zero-order chi connectivity index (χ0) is 20.4. The molecule has 1 aromatic carbocycles. The lowest BCUT2D eigenvalue weighted by molar-refractivity contribution is -0.166. The molecule has 5 atom stereocenters. The van der Waals surface area contributed by atoms with Gasteiger partial charge in [-0.2, -0.15) is 0 Å². The van der Waals surface area contributed by atoms with Gasteiger partial charge in [-0.05, 0) is 99.1 Å². The van der Waals surface area contributed by atoms with Crippen LogP contribution in [-0.4, -0.2) is 43.2 Å². The third-order valence-corrected chi connectivity index (χ3v) is 9.65. The Kier molecular flexibility index (Phi) is 4.36. The fourth-order valence-electron chi connectivity index (χ4n) is 8.93. The summed E-state index contributed by atoms with van der Waals surface area (Å²) in [5.41, 5.74) is 1.16. The Hall–Kier alpha value is -1.42. The Morgan fingerprint density at radius 1 is 1.07 bits per heavy atom. The summed E-state index contributed by atoms with van der Waals surface area (Å²) >= 11 is 0. The van der Waals surface area contributed by atoms with Crippen molar-refractivity contribution in [3.05, 3.63) is 35.9 Å². The third-order valence-electron chi connectivity index (χ3n) is 9.65. The molecule has 3 aliphatic heterocycles. The molecule has 4 saturated carbocycles. The van der Waals surface area contributed by atoms with E-state index in [1.807, 2.05) is 0 Å². The maximum Gasteiger partial charge on any atom is 0.226 e. The van der Waals surface area contributed by atoms with E-state index in [2.05, 4.69) is 40.5 Å². The minimum absolute atomic E-state index is 0.0103. The highest BCUT2D eigenvalue weighted by atomic mass is 19.1. The van der Waals surface area contributed by atoms with Crippen molar-refractivity contribution in [2.75, 3.05) is 26.3 Å². The van der Waals surface area contributed by atoms with Crippen molar-refractivity contribution in [3.63, 3.8) is 0 Å². The topological polar surface area (TPSA) is 32.3 Å². The van der Waals surface area contributed by atoms with E-state index in [1.54, 1.807) is 0 Å². The molecular weight excluding hydrogens is 375 g/mol. The number of nitrogens with one attached hydrogen (secondary N) is 1. The molecule has 6 bridgehead atoms. The molecule has 4 aliphatic carbocycles. The van der Waals surface area contributed by atoms with E-state index in [4.69, 9.17) is 0 Å². The molecule has 3 heterocycles. The molecule has 7 aliphatic rings. The molecule has 0 spiro atoms. The van der Waals surface area contributed by atoms with Crippen LogP contribution in [0.3, 0.4) is 0 Å². The van der Waals surface area contributed by atoms with Crippen molar-refractivity contribution < 1.29 is 9.18 Å². The fourth-order valence-corrected chi connectivity index (χ4v) is 8.93. The predicted molar refractivity (Wildman–Crippen MR) is 116 cm³/mol. The number of benzene rings is 1. The van der Waals surface area contributed by atoms with Gasteiger partial charge in [0.15, 0.2) is 0 Å². The second-order valence-electron chi connectivity index (χ2n) is 11.6. The Labute approximate surface area is 179 Å². The van der Waals surface area contributed by atoms with Crippen LogP contribution in [0.15, 0.2) is 30.3 Å². The number of carbonyl (C=O) groups excluding carboxylic acids is 1. The highest BCUT2D eigenvalue weighted by molar-refractivity contribution is 5.84. The molecule has 1 amide bonds. The SMILES string of the molecule is O=C(N[C@@H]1CN2CCC1CC2)C12CC3C[C@@](CCF)(C1)C[C@](c1ccccc1)(C3)C2. The van der Waals surface area contributed by atoms with Gasteiger partial charge in [-0.25, -0.2) is 0 Å². The monoisotopic (exact) mass is 410 g/mol. The van der Waals surface area contributed by atoms with E-state index < -0.39 is 0 Å². The quantitative estimate of drug-likeness (QED) is 0.777. The van der Waals surface area contributed by atoms with Gasteiger partial charge in [0.2, 0.25) is 5.91 Å². The van der Waals surface area contributed by atoms with Crippen LogP contribution < -0.4 is 5.32 Å². The van der Waals surface area contributed by atoms with Crippen LogP contribution in [-0.2, 0) is 10.2 Å². The number of nitrogens with zero attached hydrogens (tertiary/aromatic N) is 1. The van der Waals surface area contributed by atoms with Gasteiger partial charge in [0, 0.05) is 12.6 Å². The van der Waals surface area contributed by atoms with Gasteiger partial charge in [-0.15, -0.1) is 0 Å². The molecule has 7 fully saturated rings. The number of fused-ring (bicyclic) bond motifs is 3. The summed E-state index contributed by atoms with van der Waals surface area (Å²) in [6.45, 7) is 3.16. The maximum absolute atomic E-state index is 13.9. The Balaban J connectivity index is 1.33. The number of alkyl halides is 1. The van der Waals surface area contributed by atoms with Crippen LogP contribution in [0.2, 0.25) is 0 Å². The van der Waals surface area contributed by atoms with Gasteiger partial charge in [-0.1, -0.05) is 30.3 Å². The van der Waals surface area contributed by atoms with E-state index in [0.29, 0.717) is 30.2 Å². The minimum Gasteiger partial charge on any atom is -0.351 e. The van der Waals surface area contributed by atoms with Crippen molar-refractivity contribution in [1.29, 1.82) is 0 Å². The predicted octanol–water partition coefficient (Wildman–Crippen LogP) is 4.46. The molecule has 1 N–H and O–H groups in total. The Morgan fingerprint density at radius 3 is 2.57 bits per heavy atom. The van der Waals surface area contributed by atoms with E-state index in [1.165, 1.54) is 37.9 Å². The lowest BCUT2D eigenvalue weighted by atomic mass is 9.38. The molecule has 0 aromatic heterocycles. The summed E-state index contributed by atoms with van der Waals surface area (Å²) in [4.78, 5) is 16.5. The van der Waals surface area contributed by atoms with Crippen LogP contribution in [0.25, 0.3) is 0 Å². The molecule has 2 unspecified atom stereocenters. The molecule has 1 aromatic rings. The first-order valence-corrected chi connectivity index (χ1v) is 12.2. The first kappa shape index (κ1) is 19.3. The lowest BCUT2D eigenvalue weighted by Gasteiger charge is -2.66. The standard InChI is InChI=1S/C26H35FN2O/c27-9-8-24-12-19-13-25(16-24,21-4-2-1-3-5-21)18-26(14-19,17-24)23(30)28-22-15-29-10-6-20(22)7-11-29/h1-5,19-20,22H,6-18H2,(H,28,30)/t19?,22-,24-,25-,26?/m1/s1. The molecule has 8 rings (SSSR count). The van der Waals surface area contributed by atoms with E-state index >= 15 is 0 Å². The smallest absolute Gasteiger partial charge is 0.226 e. The van der Waals surface area contributed by atoms with Crippen molar-refractivity contribution >= 4 is 5.91 Å². The van der Waals surface area contributed by atoms with Gasteiger partial charge in [0.05, 0.1) is 12.1 Å². The van der Waals surface area contributed by atoms with Crippen molar-refractivity contribution in [2.24, 2.45) is 22.7 Å². The second-order valence-corrected chi connectivity index (χ2v) is 11.6. The molecule has 0 radical (unpaired) electrons. The van der Waals surface area contributed by atoms with Gasteiger partial charge < -0.3 is 10.2 Å². The summed E-state index contributed by atoms with van der Waals surface area (Å²) in [5, 5.41) is 3.56. The van der Waals surface area contributed by atoms with E-state index in [0.717, 1.165) is 38.6 Å². The van der Waals surface area contributed by atoms with Gasteiger partial charge >= 0.3 is 0 Å². The molecule has 30 heavy (non-hydrogen) atoms. The fraction of sp³-hybridized carbons (Fsp3) is 0.731. The number of rotatable bonds is 5. The largest absolute Gasteiger partial charge is 0.351 e. The van der Waals surface area contributed by atoms with Gasteiger partial charge in [0.1, 0.15) is 0 Å². The molecule has 162 valence electrons. The number of amides is 1. The highest BCUT2D eigenvalue weighted by Gasteiger charge is 2.65. The second kappa shape index (κ2) is 6.79. The molecule has 3 saturated heterocycles. The molecular formula is C26H35FN2O. The highest BCUT2D eigenvalue weighted by Crippen LogP contribution is 2.71. The van der Waals surface area contributed by atoms with Gasteiger partial charge in [-0.3, -0.25) is 9.18 Å². The van der Waals surface area contributed by atoms with E-state index in [-0.39, 0.29) is 22.9 Å². The maximum atomic E-state index is 13.9. The Morgan fingerprint density at radius 2 is 1.87 bits per heavy atom. The summed E-state index contributed by atoms with van der Waals surface area (Å²) in [7, 11) is 0. The minimum atomic E-state index is -0.295. The average molecular weight is 411 g/mol. The summed E-state index contributed by atoms with van der Waals surface area (Å²) in [6.07, 6.45) is 9.33. The molecule has 3 nitrogen and oxygen atoms in total. The number of carbonyl (C=O) groups is 1. The first-order chi connectivity index (χ1) is 14.5. The summed E-state index contributed by atoms with van der Waals surface area (Å²) in [6, 6.07) is 11.2. The summed E-state index contributed by atoms with van der Waals surface area (Å²) < 4.78 is 13.7. The summed E-state index contributed by atoms with van der Waals surface area (Å²) in [5.74, 6) is 1.51. The zero-order valence-corrected chi connectivity index (χ0v) is 18.0. The van der Waals surface area contributed by atoms with Crippen LogP contribution in [0, 0.1) is 22.7 Å². The molecule has 4 heteroatoms. The van der Waals surface area contributed by atoms with Crippen LogP contribution in [0.1, 0.15) is 63.4 Å². The number of piperidine rings is 3. The van der Waals surface area contributed by atoms with Crippen LogP contribution in [0.5, 0.6) is 0 Å². The van der Waals surface area contributed by atoms with Crippen LogP contribution >= 0.6 is 0 Å². The average Bonchev–Trinajstić information content (AvgIpc) is 2.74. The van der Waals surface area contributed by atoms with Crippen molar-refractivity contribution in [1.82, 2.24) is 10.2 Å². The van der Waals surface area contributed by atoms with Crippen LogP contribution in [0.4, 0.5) is 4.39 Å². The Bertz CT molecular complexity index is 822. The normalized spacial score (nSPS) is 46.2. The van der Waals surface area contributed by atoms with E-state index in [9.17, 15) is 9.18 Å². The van der Waals surface area contributed by atoms with Gasteiger partial charge in [0.25, 0.3) is 0 Å². The van der Waals surface area contributed by atoms with Crippen molar-refractivity contribution in [3.8, 4) is 0 Å². The van der Waals surface area contributed by atoms with Crippen molar-refractivity contribution in [2.45, 2.75) is 69.2 Å². The third kappa shape index (κ3) is 2.89. The lowest BCUT2D eigenvalue weighted by Crippen LogP contribution is -2.65. The number of hydrogen-bond donors (Lipinski definition) is 1.